The number of hydrogen-bond acceptors (Lipinski definition) is 3. The van der Waals surface area contributed by atoms with Crippen molar-refractivity contribution >= 4 is 56.0 Å². The van der Waals surface area contributed by atoms with Crippen molar-refractivity contribution in [3.8, 4) is 5.75 Å². The second-order valence-electron chi connectivity index (χ2n) is 6.39. The fourth-order valence-corrected chi connectivity index (χ4v) is 3.34. The van der Waals surface area contributed by atoms with Crippen molar-refractivity contribution in [1.82, 2.24) is 10.2 Å². The average molecular weight is 490 g/mol. The van der Waals surface area contributed by atoms with Crippen LogP contribution in [0.5, 0.6) is 5.75 Å². The van der Waals surface area contributed by atoms with Gasteiger partial charge in [0.2, 0.25) is 0 Å². The fraction of sp³-hybridized carbons (Fsp3) is 0.0476. The summed E-state index contributed by atoms with van der Waals surface area (Å²) in [6.45, 7) is 0.0699. The monoisotopic (exact) mass is 488 g/mol. The molecule has 152 valence electrons. The second kappa shape index (κ2) is 8.73. The molecule has 0 bridgehead atoms. The lowest BCUT2D eigenvalue weighted by Crippen LogP contribution is -2.19. The number of amides is 2. The fourth-order valence-electron chi connectivity index (χ4n) is 2.81. The number of ether oxygens (including phenoxy) is 1. The predicted molar refractivity (Wildman–Crippen MR) is 119 cm³/mol. The third-order valence-corrected chi connectivity index (χ3v) is 4.99. The lowest BCUT2D eigenvalue weighted by atomic mass is 10.2. The van der Waals surface area contributed by atoms with E-state index in [1.165, 1.54) is 6.07 Å². The zero-order valence-corrected chi connectivity index (χ0v) is 17.7. The predicted octanol–water partition coefficient (Wildman–Crippen LogP) is 6.34. The van der Waals surface area contributed by atoms with Crippen molar-refractivity contribution in [2.24, 2.45) is 0 Å². The highest BCUT2D eigenvalue weighted by Crippen LogP contribution is 2.26. The summed E-state index contributed by atoms with van der Waals surface area (Å²) >= 11 is 9.16. The number of hydrogen-bond donors (Lipinski definition) is 3. The number of benzene rings is 3. The highest BCUT2D eigenvalue weighted by atomic mass is 79.9. The third kappa shape index (κ3) is 4.72. The van der Waals surface area contributed by atoms with Gasteiger partial charge >= 0.3 is 6.03 Å². The Hall–Kier alpha value is -3.10. The Morgan fingerprint density at radius 2 is 2.00 bits per heavy atom. The topological polar surface area (TPSA) is 79.0 Å². The van der Waals surface area contributed by atoms with Crippen LogP contribution in [0.2, 0.25) is 5.02 Å². The summed E-state index contributed by atoms with van der Waals surface area (Å²) in [5, 5.41) is 13.5. The van der Waals surface area contributed by atoms with Crippen molar-refractivity contribution in [3.05, 3.63) is 81.5 Å². The van der Waals surface area contributed by atoms with Gasteiger partial charge < -0.3 is 10.1 Å². The number of fused-ring (bicyclic) bond motifs is 1. The normalized spacial score (nSPS) is 10.8. The minimum atomic E-state index is -0.464. The minimum absolute atomic E-state index is 0.0699. The van der Waals surface area contributed by atoms with E-state index in [-0.39, 0.29) is 12.4 Å². The first-order chi connectivity index (χ1) is 14.5. The number of nitrogens with zero attached hydrogens (tertiary/aromatic N) is 1. The molecule has 0 radical (unpaired) electrons. The number of rotatable bonds is 5. The Morgan fingerprint density at radius 1 is 1.13 bits per heavy atom. The molecule has 9 heteroatoms. The van der Waals surface area contributed by atoms with E-state index >= 15 is 0 Å². The lowest BCUT2D eigenvalue weighted by molar-refractivity contribution is 0.262. The van der Waals surface area contributed by atoms with Gasteiger partial charge in [-0.05, 0) is 48.5 Å². The van der Waals surface area contributed by atoms with E-state index in [4.69, 9.17) is 16.3 Å². The summed E-state index contributed by atoms with van der Waals surface area (Å²) in [5.41, 5.74) is 1.71. The number of halogens is 3. The molecular weight excluding hydrogens is 475 g/mol. The van der Waals surface area contributed by atoms with E-state index in [9.17, 15) is 9.18 Å². The van der Waals surface area contributed by atoms with E-state index in [0.29, 0.717) is 37.7 Å². The van der Waals surface area contributed by atoms with Crippen molar-refractivity contribution in [2.75, 3.05) is 10.6 Å². The highest BCUT2D eigenvalue weighted by Gasteiger charge is 2.11. The second-order valence-corrected chi connectivity index (χ2v) is 7.75. The summed E-state index contributed by atoms with van der Waals surface area (Å²) in [4.78, 5) is 12.3. The Morgan fingerprint density at radius 3 is 2.80 bits per heavy atom. The maximum atomic E-state index is 14.0. The summed E-state index contributed by atoms with van der Waals surface area (Å²) in [6, 6.07) is 16.4. The first-order valence-electron chi connectivity index (χ1n) is 8.86. The third-order valence-electron chi connectivity index (χ3n) is 4.26. The van der Waals surface area contributed by atoms with Gasteiger partial charge in [0.15, 0.2) is 5.82 Å². The number of aromatic amines is 1. The molecule has 1 heterocycles. The molecule has 30 heavy (non-hydrogen) atoms. The first kappa shape index (κ1) is 20.2. The number of anilines is 2. The molecule has 4 aromatic rings. The molecule has 1 aromatic heterocycles. The van der Waals surface area contributed by atoms with Crippen molar-refractivity contribution < 1.29 is 13.9 Å². The molecule has 0 aliphatic carbocycles. The maximum Gasteiger partial charge on any atom is 0.324 e. The van der Waals surface area contributed by atoms with Crippen LogP contribution in [0.25, 0.3) is 10.9 Å². The van der Waals surface area contributed by atoms with Crippen molar-refractivity contribution in [2.45, 2.75) is 6.61 Å². The largest absolute Gasteiger partial charge is 0.489 e. The van der Waals surface area contributed by atoms with Crippen LogP contribution in [0.15, 0.2) is 65.1 Å². The molecule has 0 atom stereocenters. The quantitative estimate of drug-likeness (QED) is 0.306. The summed E-state index contributed by atoms with van der Waals surface area (Å²) < 4.78 is 20.4. The molecule has 0 aliphatic rings. The number of carbonyl (C=O) groups excluding carboxylic acids is 1. The Kier molecular flexibility index (Phi) is 5.87. The molecule has 2 amide bonds. The van der Waals surface area contributed by atoms with Gasteiger partial charge in [0, 0.05) is 26.1 Å². The van der Waals surface area contributed by atoms with Crippen LogP contribution < -0.4 is 15.4 Å². The van der Waals surface area contributed by atoms with Crippen LogP contribution in [0.4, 0.5) is 20.7 Å². The molecule has 0 saturated carbocycles. The van der Waals surface area contributed by atoms with Crippen LogP contribution in [0.1, 0.15) is 5.56 Å². The van der Waals surface area contributed by atoms with Crippen LogP contribution in [0, 0.1) is 5.82 Å². The molecule has 6 nitrogen and oxygen atoms in total. The molecule has 0 unspecified atom stereocenters. The SMILES string of the molecule is O=C(Nc1cccc(Cl)c1)Nc1n[nH]c2ccc(OCc3ccc(Br)cc3F)cc12. The average Bonchev–Trinajstić information content (AvgIpc) is 3.09. The zero-order valence-electron chi connectivity index (χ0n) is 15.4. The number of aromatic nitrogens is 2. The summed E-state index contributed by atoms with van der Waals surface area (Å²) in [6.07, 6.45) is 0. The molecule has 3 N–H and O–H groups in total. The van der Waals surface area contributed by atoms with Gasteiger partial charge in [-0.25, -0.2) is 9.18 Å². The molecule has 0 saturated heterocycles. The molecule has 3 aromatic carbocycles. The highest BCUT2D eigenvalue weighted by molar-refractivity contribution is 9.10. The molecule has 0 aliphatic heterocycles. The molecule has 0 fully saturated rings. The van der Waals surface area contributed by atoms with E-state index in [0.717, 1.165) is 5.52 Å². The van der Waals surface area contributed by atoms with Crippen LogP contribution in [-0.4, -0.2) is 16.2 Å². The summed E-state index contributed by atoms with van der Waals surface area (Å²) in [7, 11) is 0. The first-order valence-corrected chi connectivity index (χ1v) is 10.0. The smallest absolute Gasteiger partial charge is 0.324 e. The van der Waals surface area contributed by atoms with E-state index in [2.05, 4.69) is 36.8 Å². The van der Waals surface area contributed by atoms with E-state index in [1.54, 1.807) is 54.6 Å². The van der Waals surface area contributed by atoms with Gasteiger partial charge in [0.05, 0.1) is 5.52 Å². The summed E-state index contributed by atoms with van der Waals surface area (Å²) in [5.74, 6) is 0.503. The van der Waals surface area contributed by atoms with Gasteiger partial charge in [-0.1, -0.05) is 39.7 Å². The van der Waals surface area contributed by atoms with Crippen LogP contribution in [0.3, 0.4) is 0 Å². The van der Waals surface area contributed by atoms with Gasteiger partial charge in [-0.2, -0.15) is 5.10 Å². The Bertz CT molecular complexity index is 1230. The molecular formula is C21H15BrClFN4O2. The number of carbonyl (C=O) groups is 1. The van der Waals surface area contributed by atoms with Crippen LogP contribution >= 0.6 is 27.5 Å². The Labute approximate surface area is 184 Å². The minimum Gasteiger partial charge on any atom is -0.489 e. The van der Waals surface area contributed by atoms with Gasteiger partial charge in [0.1, 0.15) is 18.2 Å². The molecule has 0 spiro atoms. The van der Waals surface area contributed by atoms with Gasteiger partial charge in [-0.3, -0.25) is 10.4 Å². The number of nitrogens with one attached hydrogen (secondary N) is 3. The van der Waals surface area contributed by atoms with Crippen molar-refractivity contribution in [3.63, 3.8) is 0 Å². The van der Waals surface area contributed by atoms with Crippen molar-refractivity contribution in [1.29, 1.82) is 0 Å². The van der Waals surface area contributed by atoms with Gasteiger partial charge in [-0.15, -0.1) is 0 Å². The van der Waals surface area contributed by atoms with Gasteiger partial charge in [0.25, 0.3) is 0 Å². The number of H-pyrrole nitrogens is 1. The Balaban J connectivity index is 1.47. The molecule has 4 rings (SSSR count). The lowest BCUT2D eigenvalue weighted by Gasteiger charge is -2.09. The van der Waals surface area contributed by atoms with E-state index < -0.39 is 6.03 Å². The zero-order chi connectivity index (χ0) is 21.1. The maximum absolute atomic E-state index is 14.0. The van der Waals surface area contributed by atoms with Crippen LogP contribution in [-0.2, 0) is 6.61 Å². The standard InChI is InChI=1S/C21H15BrClFN4O2/c22-13-5-4-12(18(24)8-13)11-30-16-6-7-19-17(10-16)20(28-27-19)26-21(29)25-15-3-1-2-14(23)9-15/h1-10H,11H2,(H3,25,26,27,28,29). The number of urea groups is 1. The van der Waals surface area contributed by atoms with E-state index in [1.807, 2.05) is 0 Å².